The smallest absolute Gasteiger partial charge is 0.287 e. The summed E-state index contributed by atoms with van der Waals surface area (Å²) < 4.78 is 7.51. The quantitative estimate of drug-likeness (QED) is 0.804. The Kier molecular flexibility index (Phi) is 3.90. The van der Waals surface area contributed by atoms with Gasteiger partial charge in [-0.15, -0.1) is 0 Å². The van der Waals surface area contributed by atoms with E-state index in [1.165, 1.54) is 0 Å². The van der Waals surface area contributed by atoms with Crippen molar-refractivity contribution < 1.29 is 9.21 Å². The van der Waals surface area contributed by atoms with Gasteiger partial charge in [0.2, 0.25) is 0 Å². The molecule has 0 bridgehead atoms. The van der Waals surface area contributed by atoms with Gasteiger partial charge in [-0.1, -0.05) is 12.1 Å². The van der Waals surface area contributed by atoms with Crippen molar-refractivity contribution in [1.29, 1.82) is 0 Å². The van der Waals surface area contributed by atoms with Crippen LogP contribution in [-0.4, -0.2) is 27.2 Å². The average molecular weight is 312 g/mol. The number of benzene rings is 1. The third-order valence-electron chi connectivity index (χ3n) is 3.87. The van der Waals surface area contributed by atoms with Crippen molar-refractivity contribution in [2.45, 2.75) is 34.2 Å². The van der Waals surface area contributed by atoms with Crippen LogP contribution >= 0.6 is 0 Å². The van der Waals surface area contributed by atoms with Gasteiger partial charge in [0, 0.05) is 17.5 Å². The van der Waals surface area contributed by atoms with Crippen molar-refractivity contribution in [2.75, 3.05) is 6.54 Å². The van der Waals surface area contributed by atoms with Gasteiger partial charge >= 0.3 is 0 Å². The molecule has 3 aromatic rings. The first kappa shape index (κ1) is 15.3. The van der Waals surface area contributed by atoms with Crippen LogP contribution in [0.1, 0.15) is 33.3 Å². The molecule has 0 aliphatic rings. The second-order valence-electron chi connectivity index (χ2n) is 5.74. The topological polar surface area (TPSA) is 73.0 Å². The minimum Gasteiger partial charge on any atom is -0.451 e. The summed E-state index contributed by atoms with van der Waals surface area (Å²) >= 11 is 0. The van der Waals surface area contributed by atoms with Crippen LogP contribution in [0.4, 0.5) is 0 Å². The molecule has 23 heavy (non-hydrogen) atoms. The summed E-state index contributed by atoms with van der Waals surface area (Å²) in [7, 11) is 0. The maximum atomic E-state index is 12.4. The molecule has 1 aromatic carbocycles. The molecule has 0 saturated heterocycles. The Hall–Kier alpha value is -2.63. The molecule has 120 valence electrons. The molecule has 0 aliphatic heterocycles. The molecule has 0 spiro atoms. The van der Waals surface area contributed by atoms with E-state index >= 15 is 0 Å². The van der Waals surface area contributed by atoms with Crippen molar-refractivity contribution in [2.24, 2.45) is 0 Å². The predicted molar refractivity (Wildman–Crippen MR) is 87.5 cm³/mol. The summed E-state index contributed by atoms with van der Waals surface area (Å²) in [5.74, 6) is 1.74. The van der Waals surface area contributed by atoms with Gasteiger partial charge < -0.3 is 9.73 Å². The highest BCUT2D eigenvalue weighted by atomic mass is 16.3. The van der Waals surface area contributed by atoms with E-state index in [9.17, 15) is 4.79 Å². The van der Waals surface area contributed by atoms with Crippen LogP contribution in [0.25, 0.3) is 11.0 Å². The van der Waals surface area contributed by atoms with Gasteiger partial charge in [0.1, 0.15) is 17.2 Å². The van der Waals surface area contributed by atoms with Crippen LogP contribution in [0.5, 0.6) is 0 Å². The third kappa shape index (κ3) is 2.97. The molecule has 0 atom stereocenters. The summed E-state index contributed by atoms with van der Waals surface area (Å²) in [5, 5.41) is 8.13. The summed E-state index contributed by atoms with van der Waals surface area (Å²) in [6, 6.07) is 5.95. The fraction of sp³-hybridized carbons (Fsp3) is 0.353. The number of carbonyl (C=O) groups is 1. The average Bonchev–Trinajstić information content (AvgIpc) is 2.98. The zero-order chi connectivity index (χ0) is 16.6. The van der Waals surface area contributed by atoms with E-state index in [1.807, 2.05) is 45.9 Å². The van der Waals surface area contributed by atoms with Crippen molar-refractivity contribution >= 4 is 16.9 Å². The van der Waals surface area contributed by atoms with Crippen LogP contribution in [0.3, 0.4) is 0 Å². The Labute approximate surface area is 134 Å². The van der Waals surface area contributed by atoms with Crippen molar-refractivity contribution in [3.63, 3.8) is 0 Å². The van der Waals surface area contributed by atoms with Gasteiger partial charge in [0.05, 0.1) is 6.54 Å². The summed E-state index contributed by atoms with van der Waals surface area (Å²) in [4.78, 5) is 16.6. The highest BCUT2D eigenvalue weighted by Crippen LogP contribution is 2.25. The number of rotatable bonds is 4. The molecule has 0 aliphatic carbocycles. The van der Waals surface area contributed by atoms with Gasteiger partial charge in [-0.3, -0.25) is 4.79 Å². The van der Waals surface area contributed by atoms with Crippen LogP contribution in [0.15, 0.2) is 22.6 Å². The van der Waals surface area contributed by atoms with E-state index in [4.69, 9.17) is 4.42 Å². The Morgan fingerprint density at radius 1 is 1.26 bits per heavy atom. The second kappa shape index (κ2) is 5.87. The first-order chi connectivity index (χ1) is 11.0. The molecule has 1 N–H and O–H groups in total. The van der Waals surface area contributed by atoms with E-state index in [-0.39, 0.29) is 5.91 Å². The molecule has 2 aromatic heterocycles. The van der Waals surface area contributed by atoms with Crippen LogP contribution < -0.4 is 5.32 Å². The molecule has 6 heteroatoms. The first-order valence-corrected chi connectivity index (χ1v) is 7.61. The van der Waals surface area contributed by atoms with Crippen molar-refractivity contribution in [3.05, 3.63) is 46.7 Å². The van der Waals surface area contributed by atoms with Crippen LogP contribution in [-0.2, 0) is 6.54 Å². The number of aryl methyl sites for hydroxylation is 4. The van der Waals surface area contributed by atoms with E-state index < -0.39 is 0 Å². The van der Waals surface area contributed by atoms with Crippen molar-refractivity contribution in [3.8, 4) is 0 Å². The number of furan rings is 1. The zero-order valence-electron chi connectivity index (χ0n) is 13.8. The molecule has 3 rings (SSSR count). The zero-order valence-corrected chi connectivity index (χ0v) is 13.8. The van der Waals surface area contributed by atoms with E-state index in [2.05, 4.69) is 15.4 Å². The van der Waals surface area contributed by atoms with Gasteiger partial charge in [0.25, 0.3) is 5.91 Å². The molecule has 0 saturated carbocycles. The van der Waals surface area contributed by atoms with Gasteiger partial charge in [-0.25, -0.2) is 9.67 Å². The SMILES string of the molecule is Cc1ccc2c(C)c(C(=O)NCCn3nc(C)nc3C)oc2c1. The maximum Gasteiger partial charge on any atom is 0.287 e. The lowest BCUT2D eigenvalue weighted by Crippen LogP contribution is -2.28. The summed E-state index contributed by atoms with van der Waals surface area (Å²) in [6.07, 6.45) is 0. The molecule has 0 unspecified atom stereocenters. The van der Waals surface area contributed by atoms with Gasteiger partial charge in [-0.2, -0.15) is 5.10 Å². The standard InChI is InChI=1S/C17H20N4O2/c1-10-5-6-14-11(2)16(23-15(14)9-10)17(22)18-7-8-21-13(4)19-12(3)20-21/h5-6,9H,7-8H2,1-4H3,(H,18,22). The molecule has 0 fully saturated rings. The fourth-order valence-electron chi connectivity index (χ4n) is 2.68. The highest BCUT2D eigenvalue weighted by molar-refractivity contribution is 5.98. The molecule has 2 heterocycles. The van der Waals surface area contributed by atoms with Crippen LogP contribution in [0, 0.1) is 27.7 Å². The molecule has 0 radical (unpaired) electrons. The molecular weight excluding hydrogens is 292 g/mol. The second-order valence-corrected chi connectivity index (χ2v) is 5.74. The van der Waals surface area contributed by atoms with E-state index in [1.54, 1.807) is 4.68 Å². The number of hydrogen-bond donors (Lipinski definition) is 1. The number of aromatic nitrogens is 3. The highest BCUT2D eigenvalue weighted by Gasteiger charge is 2.17. The monoisotopic (exact) mass is 312 g/mol. The Bertz CT molecular complexity index is 876. The molecule has 1 amide bonds. The maximum absolute atomic E-state index is 12.4. The van der Waals surface area contributed by atoms with E-state index in [0.29, 0.717) is 18.8 Å². The first-order valence-electron chi connectivity index (χ1n) is 7.61. The lowest BCUT2D eigenvalue weighted by molar-refractivity contribution is 0.0925. The lowest BCUT2D eigenvalue weighted by Gasteiger charge is -2.05. The Morgan fingerprint density at radius 2 is 2.04 bits per heavy atom. The van der Waals surface area contributed by atoms with Gasteiger partial charge in [0.15, 0.2) is 5.76 Å². The van der Waals surface area contributed by atoms with Crippen molar-refractivity contribution in [1.82, 2.24) is 20.1 Å². The summed E-state index contributed by atoms with van der Waals surface area (Å²) in [6.45, 7) is 8.70. The summed E-state index contributed by atoms with van der Waals surface area (Å²) in [5.41, 5.74) is 2.72. The number of nitrogens with zero attached hydrogens (tertiary/aromatic N) is 3. The predicted octanol–water partition coefficient (Wildman–Crippen LogP) is 2.69. The minimum absolute atomic E-state index is 0.203. The molecule has 6 nitrogen and oxygen atoms in total. The fourth-order valence-corrected chi connectivity index (χ4v) is 2.68. The lowest BCUT2D eigenvalue weighted by atomic mass is 10.1. The van der Waals surface area contributed by atoms with Gasteiger partial charge in [-0.05, 0) is 39.3 Å². The number of fused-ring (bicyclic) bond motifs is 1. The van der Waals surface area contributed by atoms with E-state index in [0.717, 1.165) is 33.7 Å². The third-order valence-corrected chi connectivity index (χ3v) is 3.87. The Morgan fingerprint density at radius 3 is 2.74 bits per heavy atom. The number of amides is 1. The normalized spacial score (nSPS) is 11.1. The number of hydrogen-bond acceptors (Lipinski definition) is 4. The number of nitrogens with one attached hydrogen (secondary N) is 1. The molecular formula is C17H20N4O2. The number of carbonyl (C=O) groups excluding carboxylic acids is 1. The van der Waals surface area contributed by atoms with Crippen LogP contribution in [0.2, 0.25) is 0 Å². The largest absolute Gasteiger partial charge is 0.451 e. The Balaban J connectivity index is 1.71. The minimum atomic E-state index is -0.203.